The lowest BCUT2D eigenvalue weighted by Gasteiger charge is -2.31. The molecule has 2 atom stereocenters. The zero-order chi connectivity index (χ0) is 12.1. The van der Waals surface area contributed by atoms with Crippen LogP contribution in [-0.2, 0) is 14.3 Å². The highest BCUT2D eigenvalue weighted by Crippen LogP contribution is 2.08. The topological polar surface area (TPSA) is 92.9 Å². The molecule has 0 aromatic rings. The molecule has 2 unspecified atom stereocenters. The highest BCUT2D eigenvalue weighted by atomic mass is 16.5. The van der Waals surface area contributed by atoms with E-state index in [0.717, 1.165) is 0 Å². The average Bonchev–Trinajstić information content (AvgIpc) is 2.26. The van der Waals surface area contributed by atoms with Crippen molar-refractivity contribution in [2.24, 2.45) is 5.73 Å². The maximum absolute atomic E-state index is 11.7. The summed E-state index contributed by atoms with van der Waals surface area (Å²) in [6.07, 6.45) is 0.0887. The number of hydrogen-bond acceptors (Lipinski definition) is 4. The molecule has 0 radical (unpaired) electrons. The molecule has 1 heterocycles. The molecule has 6 nitrogen and oxygen atoms in total. The molecule has 0 spiro atoms. The van der Waals surface area contributed by atoms with E-state index in [0.29, 0.717) is 19.4 Å². The molecular weight excluding hydrogens is 212 g/mol. The van der Waals surface area contributed by atoms with Gasteiger partial charge in [-0.2, -0.15) is 0 Å². The summed E-state index contributed by atoms with van der Waals surface area (Å²) in [5.74, 6) is -1.07. The van der Waals surface area contributed by atoms with Gasteiger partial charge in [-0.3, -0.25) is 4.79 Å². The van der Waals surface area contributed by atoms with Gasteiger partial charge < -0.3 is 20.5 Å². The number of amides is 1. The van der Waals surface area contributed by atoms with Gasteiger partial charge in [0.05, 0.1) is 13.2 Å². The van der Waals surface area contributed by atoms with Gasteiger partial charge in [0, 0.05) is 19.0 Å². The lowest BCUT2D eigenvalue weighted by atomic mass is 10.1. The van der Waals surface area contributed by atoms with Crippen molar-refractivity contribution in [3.05, 3.63) is 0 Å². The third-order valence-electron chi connectivity index (χ3n) is 2.51. The molecule has 92 valence electrons. The summed E-state index contributed by atoms with van der Waals surface area (Å²) in [5.41, 5.74) is 5.56. The van der Waals surface area contributed by atoms with E-state index in [1.807, 2.05) is 6.92 Å². The second-order valence-electron chi connectivity index (χ2n) is 4.05. The Balaban J connectivity index is 2.41. The summed E-state index contributed by atoms with van der Waals surface area (Å²) in [4.78, 5) is 23.9. The van der Waals surface area contributed by atoms with Crippen molar-refractivity contribution in [1.29, 1.82) is 0 Å². The first-order chi connectivity index (χ1) is 7.50. The van der Waals surface area contributed by atoms with E-state index in [1.165, 1.54) is 4.90 Å². The number of carbonyl (C=O) groups excluding carboxylic acids is 1. The fraction of sp³-hybridized carbons (Fsp3) is 0.800. The zero-order valence-corrected chi connectivity index (χ0v) is 9.39. The van der Waals surface area contributed by atoms with Gasteiger partial charge in [-0.15, -0.1) is 0 Å². The minimum atomic E-state index is -1.02. The Morgan fingerprint density at radius 3 is 2.88 bits per heavy atom. The summed E-state index contributed by atoms with van der Waals surface area (Å²) in [6, 6.07) is -0.0136. The summed E-state index contributed by atoms with van der Waals surface area (Å²) >= 11 is 0. The Kier molecular flexibility index (Phi) is 4.70. The van der Waals surface area contributed by atoms with Gasteiger partial charge in [-0.25, -0.2) is 4.79 Å². The standard InChI is InChI=1S/C10H18N2O4/c1-7(11)2-3-9(13)12-4-5-16-8(6-12)10(14)15/h7-8H,2-6,11H2,1H3,(H,14,15). The summed E-state index contributed by atoms with van der Waals surface area (Å²) in [7, 11) is 0. The van der Waals surface area contributed by atoms with Crippen LogP contribution in [0.3, 0.4) is 0 Å². The molecule has 1 aliphatic heterocycles. The van der Waals surface area contributed by atoms with E-state index in [9.17, 15) is 9.59 Å². The van der Waals surface area contributed by atoms with E-state index in [4.69, 9.17) is 15.6 Å². The first-order valence-electron chi connectivity index (χ1n) is 5.38. The Bertz CT molecular complexity index is 268. The quantitative estimate of drug-likeness (QED) is 0.674. The van der Waals surface area contributed by atoms with Crippen molar-refractivity contribution in [3.8, 4) is 0 Å². The van der Waals surface area contributed by atoms with E-state index in [1.54, 1.807) is 0 Å². The summed E-state index contributed by atoms with van der Waals surface area (Å²) in [6.45, 7) is 2.71. The first kappa shape index (κ1) is 12.9. The van der Waals surface area contributed by atoms with Crippen LogP contribution < -0.4 is 5.73 Å². The Morgan fingerprint density at radius 1 is 1.62 bits per heavy atom. The van der Waals surface area contributed by atoms with Crippen molar-refractivity contribution in [1.82, 2.24) is 4.90 Å². The number of hydrogen-bond donors (Lipinski definition) is 2. The van der Waals surface area contributed by atoms with Crippen LogP contribution in [0, 0.1) is 0 Å². The summed E-state index contributed by atoms with van der Waals surface area (Å²) in [5, 5.41) is 8.77. The number of carboxylic acid groups (broad SMARTS) is 1. The Morgan fingerprint density at radius 2 is 2.31 bits per heavy atom. The molecule has 0 bridgehead atoms. The first-order valence-corrected chi connectivity index (χ1v) is 5.38. The van der Waals surface area contributed by atoms with Crippen molar-refractivity contribution < 1.29 is 19.4 Å². The predicted molar refractivity (Wildman–Crippen MR) is 56.8 cm³/mol. The number of nitrogens with two attached hydrogens (primary N) is 1. The predicted octanol–water partition coefficient (Wildman–Crippen LogP) is -0.574. The molecule has 1 saturated heterocycles. The SMILES string of the molecule is CC(N)CCC(=O)N1CCOC(C(=O)O)C1. The van der Waals surface area contributed by atoms with Gasteiger partial charge in [0.2, 0.25) is 5.91 Å². The Labute approximate surface area is 94.3 Å². The maximum Gasteiger partial charge on any atom is 0.334 e. The minimum absolute atomic E-state index is 0.0136. The van der Waals surface area contributed by atoms with Crippen molar-refractivity contribution in [2.45, 2.75) is 31.9 Å². The number of carbonyl (C=O) groups is 2. The third-order valence-corrected chi connectivity index (χ3v) is 2.51. The normalized spacial score (nSPS) is 22.9. The van der Waals surface area contributed by atoms with Crippen LogP contribution in [-0.4, -0.2) is 53.7 Å². The smallest absolute Gasteiger partial charge is 0.334 e. The van der Waals surface area contributed by atoms with Crippen molar-refractivity contribution >= 4 is 11.9 Å². The molecule has 3 N–H and O–H groups in total. The molecule has 0 aromatic carbocycles. The highest BCUT2D eigenvalue weighted by molar-refractivity contribution is 5.78. The van der Waals surface area contributed by atoms with Crippen LogP contribution in [0.5, 0.6) is 0 Å². The number of aliphatic carboxylic acids is 1. The van der Waals surface area contributed by atoms with Crippen LogP contribution in [0.4, 0.5) is 0 Å². The van der Waals surface area contributed by atoms with Gasteiger partial charge in [0.25, 0.3) is 0 Å². The molecule has 1 rings (SSSR count). The Hall–Kier alpha value is -1.14. The van der Waals surface area contributed by atoms with E-state index in [-0.39, 0.29) is 25.1 Å². The molecule has 16 heavy (non-hydrogen) atoms. The van der Waals surface area contributed by atoms with Crippen molar-refractivity contribution in [3.63, 3.8) is 0 Å². The van der Waals surface area contributed by atoms with Gasteiger partial charge in [0.1, 0.15) is 0 Å². The molecule has 0 aliphatic carbocycles. The van der Waals surface area contributed by atoms with Gasteiger partial charge >= 0.3 is 5.97 Å². The number of rotatable bonds is 4. The van der Waals surface area contributed by atoms with Crippen LogP contribution >= 0.6 is 0 Å². The number of morpholine rings is 1. The summed E-state index contributed by atoms with van der Waals surface area (Å²) < 4.78 is 5.03. The fourth-order valence-electron chi connectivity index (χ4n) is 1.53. The maximum atomic E-state index is 11.7. The lowest BCUT2D eigenvalue weighted by molar-refractivity contribution is -0.159. The molecule has 1 fully saturated rings. The molecule has 1 aliphatic rings. The monoisotopic (exact) mass is 230 g/mol. The van der Waals surface area contributed by atoms with E-state index in [2.05, 4.69) is 0 Å². The second-order valence-corrected chi connectivity index (χ2v) is 4.05. The van der Waals surface area contributed by atoms with E-state index < -0.39 is 12.1 Å². The van der Waals surface area contributed by atoms with Gasteiger partial charge in [-0.05, 0) is 13.3 Å². The van der Waals surface area contributed by atoms with Crippen LogP contribution in [0.25, 0.3) is 0 Å². The van der Waals surface area contributed by atoms with E-state index >= 15 is 0 Å². The van der Waals surface area contributed by atoms with Crippen molar-refractivity contribution in [2.75, 3.05) is 19.7 Å². The highest BCUT2D eigenvalue weighted by Gasteiger charge is 2.28. The van der Waals surface area contributed by atoms with Crippen LogP contribution in [0.1, 0.15) is 19.8 Å². The number of carboxylic acids is 1. The number of nitrogens with zero attached hydrogens (tertiary/aromatic N) is 1. The average molecular weight is 230 g/mol. The van der Waals surface area contributed by atoms with Crippen LogP contribution in [0.2, 0.25) is 0 Å². The van der Waals surface area contributed by atoms with Gasteiger partial charge in [0.15, 0.2) is 6.10 Å². The zero-order valence-electron chi connectivity index (χ0n) is 9.39. The van der Waals surface area contributed by atoms with Crippen LogP contribution in [0.15, 0.2) is 0 Å². The molecule has 0 aromatic heterocycles. The lowest BCUT2D eigenvalue weighted by Crippen LogP contribution is -2.48. The second kappa shape index (κ2) is 5.81. The molecule has 0 saturated carbocycles. The third kappa shape index (κ3) is 3.79. The molecule has 6 heteroatoms. The fourth-order valence-corrected chi connectivity index (χ4v) is 1.53. The molecule has 1 amide bonds. The van der Waals surface area contributed by atoms with Gasteiger partial charge in [-0.1, -0.05) is 0 Å². The molecular formula is C10H18N2O4. The number of ether oxygens (including phenoxy) is 1. The minimum Gasteiger partial charge on any atom is -0.479 e. The largest absolute Gasteiger partial charge is 0.479 e.